The lowest BCUT2D eigenvalue weighted by Crippen LogP contribution is -2.29. The van der Waals surface area contributed by atoms with E-state index in [4.69, 9.17) is 10.9 Å². The summed E-state index contributed by atoms with van der Waals surface area (Å²) in [6.45, 7) is -0.331. The average Bonchev–Trinajstić information content (AvgIpc) is 2.86. The summed E-state index contributed by atoms with van der Waals surface area (Å²) in [5.41, 5.74) is 2.62. The Morgan fingerprint density at radius 2 is 2.29 bits per heavy atom. The molecule has 2 rings (SSSR count). The van der Waals surface area contributed by atoms with Crippen LogP contribution >= 0.6 is 23.1 Å². The molecule has 0 saturated carbocycles. The molecule has 1 amide bonds. The van der Waals surface area contributed by atoms with Crippen LogP contribution in [0.2, 0.25) is 0 Å². The number of halogens is 1. The number of amides is 1. The van der Waals surface area contributed by atoms with Gasteiger partial charge in [0.25, 0.3) is 5.91 Å². The number of carbonyl (C=O) groups is 1. The Bertz CT molecular complexity index is 648. The second-order valence-corrected chi connectivity index (χ2v) is 6.43. The second-order valence-electron chi connectivity index (χ2n) is 4.35. The van der Waals surface area contributed by atoms with E-state index in [0.29, 0.717) is 32.0 Å². The van der Waals surface area contributed by atoms with Crippen LogP contribution in [-0.4, -0.2) is 34.6 Å². The second kappa shape index (κ2) is 7.19. The first kappa shape index (κ1) is 16.2. The summed E-state index contributed by atoms with van der Waals surface area (Å²) in [6.07, 6.45) is -0.837. The van der Waals surface area contributed by atoms with E-state index >= 15 is 0 Å². The molecular weight excluding hydrogens is 315 g/mol. The van der Waals surface area contributed by atoms with E-state index < -0.39 is 17.8 Å². The third kappa shape index (κ3) is 3.53. The molecule has 0 aliphatic carbocycles. The standard InChI is InChI=1S/C13H15FN2O3S2/c14-9-2-1-3-10-11(9)8(6-20-5-7(18)4-17)12(21-10)13(19)16-15/h1-3,7,17-18H,4-6,15H2,(H,16,19). The number of hydrazine groups is 1. The van der Waals surface area contributed by atoms with Gasteiger partial charge < -0.3 is 10.2 Å². The van der Waals surface area contributed by atoms with Gasteiger partial charge in [-0.2, -0.15) is 11.8 Å². The summed E-state index contributed by atoms with van der Waals surface area (Å²) >= 11 is 2.50. The zero-order valence-corrected chi connectivity index (χ0v) is 12.6. The van der Waals surface area contributed by atoms with Gasteiger partial charge >= 0.3 is 0 Å². The molecule has 2 aromatic rings. The monoisotopic (exact) mass is 330 g/mol. The number of fused-ring (bicyclic) bond motifs is 1. The number of rotatable bonds is 6. The minimum Gasteiger partial charge on any atom is -0.394 e. The van der Waals surface area contributed by atoms with Gasteiger partial charge in [0, 0.05) is 21.6 Å². The van der Waals surface area contributed by atoms with Crippen LogP contribution in [0.1, 0.15) is 15.2 Å². The van der Waals surface area contributed by atoms with Crippen molar-refractivity contribution in [3.05, 3.63) is 34.5 Å². The topological polar surface area (TPSA) is 95.6 Å². The number of thioether (sulfide) groups is 1. The zero-order chi connectivity index (χ0) is 15.4. The summed E-state index contributed by atoms with van der Waals surface area (Å²) in [6, 6.07) is 4.67. The molecule has 21 heavy (non-hydrogen) atoms. The van der Waals surface area contributed by atoms with Crippen LogP contribution in [0.5, 0.6) is 0 Å². The Hall–Kier alpha value is -1.19. The molecule has 114 valence electrons. The minimum absolute atomic E-state index is 0.298. The van der Waals surface area contributed by atoms with Gasteiger partial charge in [-0.25, -0.2) is 10.2 Å². The van der Waals surface area contributed by atoms with Crippen LogP contribution in [0.3, 0.4) is 0 Å². The van der Waals surface area contributed by atoms with Gasteiger partial charge in [0.05, 0.1) is 17.6 Å². The zero-order valence-electron chi connectivity index (χ0n) is 11.0. The summed E-state index contributed by atoms with van der Waals surface area (Å²) in [4.78, 5) is 12.2. The molecule has 0 spiro atoms. The highest BCUT2D eigenvalue weighted by atomic mass is 32.2. The highest BCUT2D eigenvalue weighted by Crippen LogP contribution is 2.35. The van der Waals surface area contributed by atoms with E-state index in [-0.39, 0.29) is 6.61 Å². The molecule has 0 fully saturated rings. The van der Waals surface area contributed by atoms with Crippen LogP contribution in [0.25, 0.3) is 10.1 Å². The summed E-state index contributed by atoms with van der Waals surface area (Å²) in [5, 5.41) is 18.5. The first-order valence-corrected chi connectivity index (χ1v) is 8.13. The van der Waals surface area contributed by atoms with E-state index in [0.717, 1.165) is 0 Å². The lowest BCUT2D eigenvalue weighted by molar-refractivity contribution is 0.0957. The number of hydrogen-bond donors (Lipinski definition) is 4. The Morgan fingerprint density at radius 1 is 1.52 bits per heavy atom. The number of carbonyl (C=O) groups excluding carboxylic acids is 1. The van der Waals surface area contributed by atoms with Crippen molar-refractivity contribution in [2.75, 3.05) is 12.4 Å². The molecule has 5 nitrogen and oxygen atoms in total. The number of aliphatic hydroxyl groups is 2. The van der Waals surface area contributed by atoms with E-state index in [2.05, 4.69) is 5.43 Å². The normalized spacial score (nSPS) is 12.6. The molecule has 0 aliphatic heterocycles. The highest BCUT2D eigenvalue weighted by Gasteiger charge is 2.20. The van der Waals surface area contributed by atoms with Gasteiger partial charge in [-0.05, 0) is 17.7 Å². The minimum atomic E-state index is -0.837. The summed E-state index contributed by atoms with van der Waals surface area (Å²) in [5.74, 6) is 4.96. The van der Waals surface area contributed by atoms with Gasteiger partial charge in [0.15, 0.2) is 0 Å². The van der Waals surface area contributed by atoms with Crippen LogP contribution in [0.15, 0.2) is 18.2 Å². The SMILES string of the molecule is NNC(=O)c1sc2cccc(F)c2c1CSCC(O)CO. The van der Waals surface area contributed by atoms with Crippen molar-refractivity contribution in [2.45, 2.75) is 11.9 Å². The van der Waals surface area contributed by atoms with E-state index in [9.17, 15) is 14.3 Å². The number of aliphatic hydroxyl groups excluding tert-OH is 2. The smallest absolute Gasteiger partial charge is 0.275 e. The van der Waals surface area contributed by atoms with Crippen LogP contribution in [0, 0.1) is 5.82 Å². The lowest BCUT2D eigenvalue weighted by atomic mass is 10.1. The van der Waals surface area contributed by atoms with Crippen molar-refractivity contribution in [2.24, 2.45) is 5.84 Å². The van der Waals surface area contributed by atoms with Gasteiger partial charge in [-0.15, -0.1) is 11.3 Å². The first-order valence-electron chi connectivity index (χ1n) is 6.16. The van der Waals surface area contributed by atoms with Crippen molar-refractivity contribution in [3.63, 3.8) is 0 Å². The van der Waals surface area contributed by atoms with Crippen molar-refractivity contribution in [3.8, 4) is 0 Å². The maximum atomic E-state index is 14.0. The van der Waals surface area contributed by atoms with Gasteiger partial charge in [0.1, 0.15) is 5.82 Å². The fraction of sp³-hybridized carbons (Fsp3) is 0.308. The van der Waals surface area contributed by atoms with Crippen LogP contribution in [-0.2, 0) is 5.75 Å². The fourth-order valence-corrected chi connectivity index (χ4v) is 4.12. The van der Waals surface area contributed by atoms with E-state index in [1.165, 1.54) is 29.2 Å². The Kier molecular flexibility index (Phi) is 5.54. The molecule has 0 aliphatic rings. The Morgan fingerprint density at radius 3 is 2.95 bits per heavy atom. The largest absolute Gasteiger partial charge is 0.394 e. The number of benzene rings is 1. The van der Waals surface area contributed by atoms with Gasteiger partial charge in [0.2, 0.25) is 0 Å². The third-order valence-corrected chi connectivity index (χ3v) is 5.18. The maximum absolute atomic E-state index is 14.0. The molecular formula is C13H15FN2O3S2. The third-order valence-electron chi connectivity index (χ3n) is 2.87. The van der Waals surface area contributed by atoms with Gasteiger partial charge in [-0.1, -0.05) is 6.07 Å². The highest BCUT2D eigenvalue weighted by molar-refractivity contribution is 7.98. The lowest BCUT2D eigenvalue weighted by Gasteiger charge is -2.07. The molecule has 1 heterocycles. The van der Waals surface area contributed by atoms with Gasteiger partial charge in [-0.3, -0.25) is 10.2 Å². The Labute approximate surface area is 128 Å². The first-order chi connectivity index (χ1) is 10.1. The average molecular weight is 330 g/mol. The van der Waals surface area contributed by atoms with Crippen molar-refractivity contribution < 1.29 is 19.4 Å². The molecule has 0 bridgehead atoms. The van der Waals surface area contributed by atoms with Crippen molar-refractivity contribution >= 4 is 39.1 Å². The quantitative estimate of drug-likeness (QED) is 0.363. The maximum Gasteiger partial charge on any atom is 0.275 e. The van der Waals surface area contributed by atoms with Crippen LogP contribution < -0.4 is 11.3 Å². The molecule has 0 saturated heterocycles. The number of nitrogens with two attached hydrogens (primary N) is 1. The number of nitrogens with one attached hydrogen (secondary N) is 1. The van der Waals surface area contributed by atoms with E-state index in [1.54, 1.807) is 12.1 Å². The Balaban J connectivity index is 2.35. The predicted molar refractivity (Wildman–Crippen MR) is 82.7 cm³/mol. The molecule has 1 atom stereocenters. The van der Waals surface area contributed by atoms with Crippen molar-refractivity contribution in [1.82, 2.24) is 5.43 Å². The molecule has 0 radical (unpaired) electrons. The molecule has 5 N–H and O–H groups in total. The molecule has 1 aromatic heterocycles. The number of thiophene rings is 1. The van der Waals surface area contributed by atoms with E-state index in [1.807, 2.05) is 0 Å². The number of hydrogen-bond acceptors (Lipinski definition) is 6. The summed E-state index contributed by atoms with van der Waals surface area (Å²) < 4.78 is 14.7. The molecule has 8 heteroatoms. The predicted octanol–water partition coefficient (Wildman–Crippen LogP) is 1.23. The van der Waals surface area contributed by atoms with Crippen LogP contribution in [0.4, 0.5) is 4.39 Å². The molecule has 1 aromatic carbocycles. The van der Waals surface area contributed by atoms with Crippen molar-refractivity contribution in [1.29, 1.82) is 0 Å². The summed E-state index contributed by atoms with van der Waals surface area (Å²) in [7, 11) is 0. The number of nitrogen functional groups attached to an aromatic ring is 1. The molecule has 1 unspecified atom stereocenters. The fourth-order valence-electron chi connectivity index (χ4n) is 1.90.